The average Bonchev–Trinajstić information content (AvgIpc) is 2.47. The lowest BCUT2D eigenvalue weighted by Crippen LogP contribution is -2.83. The quantitative estimate of drug-likeness (QED) is 0.523. The Kier molecular flexibility index (Phi) is 5.31. The number of esters is 1. The van der Waals surface area contributed by atoms with E-state index in [1.165, 1.54) is 14.0 Å². The molecule has 0 amide bonds. The van der Waals surface area contributed by atoms with E-state index in [-0.39, 0.29) is 18.2 Å². The molecule has 0 aliphatic heterocycles. The molecule has 138 valence electrons. The first-order valence-corrected chi connectivity index (χ1v) is 8.97. The minimum Gasteiger partial charge on any atom is -0.468 e. The number of carbonyl (C=O) groups excluding carboxylic acids is 1. The molecule has 0 spiro atoms. The topological polar surface area (TPSA) is 59.4 Å². The van der Waals surface area contributed by atoms with Crippen LogP contribution in [-0.2, 0) is 14.3 Å². The molecular weight excluding hydrogens is 343 g/mol. The Morgan fingerprint density at radius 2 is 2.12 bits per heavy atom. The number of ether oxygens (including phenoxy) is 2. The van der Waals surface area contributed by atoms with Crippen LogP contribution in [0.3, 0.4) is 0 Å². The number of alkyl halides is 3. The largest absolute Gasteiger partial charge is 0.468 e. The van der Waals surface area contributed by atoms with Crippen LogP contribution in [0, 0.1) is 16.7 Å². The lowest BCUT2D eigenvalue weighted by Gasteiger charge is -2.73. The Hall–Kier alpha value is -0.760. The van der Waals surface area contributed by atoms with Crippen LogP contribution in [0.25, 0.3) is 0 Å². The van der Waals surface area contributed by atoms with Gasteiger partial charge in [-0.25, -0.2) is 0 Å². The maximum atomic E-state index is 13.3. The van der Waals surface area contributed by atoms with Crippen LogP contribution < -0.4 is 0 Å². The van der Waals surface area contributed by atoms with Crippen molar-refractivity contribution in [3.8, 4) is 0 Å². The Morgan fingerprint density at radius 1 is 1.50 bits per heavy atom. The summed E-state index contributed by atoms with van der Waals surface area (Å²) in [5.41, 5.74) is -0.780. The molecule has 5 unspecified atom stereocenters. The highest BCUT2D eigenvalue weighted by molar-refractivity contribution is 8.01. The van der Waals surface area contributed by atoms with Crippen molar-refractivity contribution in [3.05, 3.63) is 0 Å². The van der Waals surface area contributed by atoms with Gasteiger partial charge in [0.1, 0.15) is 5.41 Å². The highest BCUT2D eigenvalue weighted by Crippen LogP contribution is 2.74. The van der Waals surface area contributed by atoms with E-state index in [2.05, 4.69) is 0 Å². The molecule has 1 N–H and O–H groups in total. The smallest absolute Gasteiger partial charge is 0.415 e. The van der Waals surface area contributed by atoms with E-state index in [1.807, 2.05) is 6.92 Å². The van der Waals surface area contributed by atoms with Gasteiger partial charge in [0.25, 0.3) is 0 Å². The predicted molar refractivity (Wildman–Crippen MR) is 86.4 cm³/mol. The Bertz CT molecular complexity index is 527. The summed E-state index contributed by atoms with van der Waals surface area (Å²) in [5.74, 6) is -0.679. The van der Waals surface area contributed by atoms with E-state index in [9.17, 15) is 18.0 Å². The van der Waals surface area contributed by atoms with Crippen molar-refractivity contribution in [2.75, 3.05) is 13.7 Å². The molecule has 0 radical (unpaired) electrons. The van der Waals surface area contributed by atoms with Crippen molar-refractivity contribution in [1.82, 2.24) is 0 Å². The van der Waals surface area contributed by atoms with Gasteiger partial charge in [-0.2, -0.15) is 13.2 Å². The van der Waals surface area contributed by atoms with E-state index in [0.29, 0.717) is 12.8 Å². The first kappa shape index (κ1) is 19.6. The van der Waals surface area contributed by atoms with Gasteiger partial charge in [0.2, 0.25) is 0 Å². The molecule has 3 rings (SSSR count). The van der Waals surface area contributed by atoms with E-state index >= 15 is 0 Å². The fourth-order valence-electron chi connectivity index (χ4n) is 3.77. The molecule has 2 bridgehead atoms. The third-order valence-electron chi connectivity index (χ3n) is 5.34. The van der Waals surface area contributed by atoms with Crippen LogP contribution in [0.1, 0.15) is 40.0 Å². The number of hydrogen-bond donors (Lipinski definition) is 1. The molecule has 5 atom stereocenters. The summed E-state index contributed by atoms with van der Waals surface area (Å²) in [6, 6.07) is 0. The third kappa shape index (κ3) is 2.66. The van der Waals surface area contributed by atoms with Crippen molar-refractivity contribution in [2.24, 2.45) is 11.3 Å². The summed E-state index contributed by atoms with van der Waals surface area (Å²) >= 11 is 1.10. The molecule has 3 aliphatic carbocycles. The lowest BCUT2D eigenvalue weighted by atomic mass is 9.36. The molecule has 0 aromatic rings. The van der Waals surface area contributed by atoms with E-state index in [1.54, 1.807) is 6.92 Å². The summed E-state index contributed by atoms with van der Waals surface area (Å²) in [7, 11) is 1.25. The summed E-state index contributed by atoms with van der Waals surface area (Å²) in [6.07, 6.45) is -4.53. The minimum absolute atomic E-state index is 0.0592. The molecule has 3 aliphatic rings. The van der Waals surface area contributed by atoms with Gasteiger partial charge in [-0.05, 0) is 19.8 Å². The average molecular weight is 367 g/mol. The second kappa shape index (κ2) is 6.52. The molecule has 3 fully saturated rings. The van der Waals surface area contributed by atoms with Crippen molar-refractivity contribution in [2.45, 2.75) is 62.3 Å². The fourth-order valence-corrected chi connectivity index (χ4v) is 5.74. The maximum Gasteiger partial charge on any atom is 0.415 e. The van der Waals surface area contributed by atoms with E-state index in [4.69, 9.17) is 14.9 Å². The van der Waals surface area contributed by atoms with Crippen LogP contribution in [0.2, 0.25) is 0 Å². The predicted octanol–water partition coefficient (Wildman–Crippen LogP) is 3.83. The minimum atomic E-state index is -4.46. The molecule has 8 heteroatoms. The lowest BCUT2D eigenvalue weighted by molar-refractivity contribution is -0.219. The monoisotopic (exact) mass is 367 g/mol. The van der Waals surface area contributed by atoms with Crippen molar-refractivity contribution in [3.63, 3.8) is 0 Å². The van der Waals surface area contributed by atoms with Gasteiger partial charge in [0.15, 0.2) is 6.10 Å². The van der Waals surface area contributed by atoms with Crippen molar-refractivity contribution < 1.29 is 27.4 Å². The second-order valence-electron chi connectivity index (χ2n) is 6.68. The van der Waals surface area contributed by atoms with Crippen molar-refractivity contribution >= 4 is 23.4 Å². The van der Waals surface area contributed by atoms with Crippen LogP contribution in [0.4, 0.5) is 13.2 Å². The number of thioether (sulfide) groups is 1. The fraction of sp³-hybridized carbons (Fsp3) is 0.875. The van der Waals surface area contributed by atoms with Gasteiger partial charge in [0, 0.05) is 28.2 Å². The van der Waals surface area contributed by atoms with Crippen LogP contribution >= 0.6 is 11.8 Å². The van der Waals surface area contributed by atoms with Gasteiger partial charge >= 0.3 is 12.1 Å². The van der Waals surface area contributed by atoms with Gasteiger partial charge < -0.3 is 14.9 Å². The van der Waals surface area contributed by atoms with Crippen molar-refractivity contribution in [1.29, 1.82) is 5.41 Å². The van der Waals surface area contributed by atoms with Crippen LogP contribution in [-0.4, -0.2) is 47.7 Å². The third-order valence-corrected chi connectivity index (χ3v) is 7.08. The van der Waals surface area contributed by atoms with Gasteiger partial charge in [-0.3, -0.25) is 4.79 Å². The zero-order valence-electron chi connectivity index (χ0n) is 14.3. The molecule has 0 aromatic heterocycles. The first-order valence-electron chi connectivity index (χ1n) is 8.09. The molecule has 0 aromatic carbocycles. The Labute approximate surface area is 144 Å². The second-order valence-corrected chi connectivity index (χ2v) is 8.51. The van der Waals surface area contributed by atoms with Gasteiger partial charge in [0.05, 0.1) is 7.11 Å². The summed E-state index contributed by atoms with van der Waals surface area (Å²) in [4.78, 5) is 12.1. The molecule has 0 saturated heterocycles. The summed E-state index contributed by atoms with van der Waals surface area (Å²) in [5, 5.41) is 7.10. The normalized spacial score (nSPS) is 34.1. The van der Waals surface area contributed by atoms with E-state index < -0.39 is 33.7 Å². The maximum absolute atomic E-state index is 13.3. The number of carbonyl (C=O) groups is 1. The zero-order chi connectivity index (χ0) is 18.3. The number of nitrogens with one attached hydrogen (secondary N) is 1. The molecule has 4 nitrogen and oxygen atoms in total. The number of rotatable bonds is 8. The highest BCUT2D eigenvalue weighted by Gasteiger charge is 2.82. The first-order chi connectivity index (χ1) is 11.1. The Balaban J connectivity index is 2.11. The van der Waals surface area contributed by atoms with Gasteiger partial charge in [-0.15, -0.1) is 11.8 Å². The number of hydrogen-bond acceptors (Lipinski definition) is 5. The number of unbranched alkanes of at least 4 members (excludes halogenated alkanes) is 1. The Morgan fingerprint density at radius 3 is 2.54 bits per heavy atom. The van der Waals surface area contributed by atoms with Crippen LogP contribution in [0.15, 0.2) is 0 Å². The highest BCUT2D eigenvalue weighted by atomic mass is 32.2. The standard InChI is InChI=1S/C16H24F3NO3S/c1-5-6-7-23-12(16(17,18)19)9(2)24-14(3)10-8-15(14,11(10)20)13(21)22-4/h9-10,12,20H,5-8H2,1-4H3. The molecule has 24 heavy (non-hydrogen) atoms. The molecule has 0 heterocycles. The van der Waals surface area contributed by atoms with E-state index in [0.717, 1.165) is 18.2 Å². The summed E-state index contributed by atoms with van der Waals surface area (Å²) < 4.78 is 49.2. The van der Waals surface area contributed by atoms with Crippen LogP contribution in [0.5, 0.6) is 0 Å². The SMILES string of the molecule is CCCCOC(C(C)SC1(C)C2CC1(C(=O)OC)C2=N)C(F)(F)F. The summed E-state index contributed by atoms with van der Waals surface area (Å²) in [6.45, 7) is 5.19. The molecule has 3 saturated carbocycles. The van der Waals surface area contributed by atoms with Gasteiger partial charge in [-0.1, -0.05) is 20.3 Å². The zero-order valence-corrected chi connectivity index (χ0v) is 15.1. The molecular formula is C16H24F3NO3S. The number of halogens is 3. The number of methoxy groups -OCH3 is 1.